The average molecular weight is 246 g/mol. The molecule has 0 atom stereocenters. The second-order valence-electron chi connectivity index (χ2n) is 5.54. The predicted octanol–water partition coefficient (Wildman–Crippen LogP) is 2.74. The van der Waals surface area contributed by atoms with Gasteiger partial charge in [-0.3, -0.25) is 0 Å². The highest BCUT2D eigenvalue weighted by molar-refractivity contribution is 5.33. The Morgan fingerprint density at radius 2 is 1.89 bits per heavy atom. The summed E-state index contributed by atoms with van der Waals surface area (Å²) in [6, 6.07) is 7.08. The van der Waals surface area contributed by atoms with Crippen molar-refractivity contribution in [2.24, 2.45) is 5.73 Å². The van der Waals surface area contributed by atoms with Gasteiger partial charge >= 0.3 is 0 Å². The highest BCUT2D eigenvalue weighted by atomic mass is 15.1. The summed E-state index contributed by atoms with van der Waals surface area (Å²) < 4.78 is 0. The number of hydrogen-bond donors (Lipinski definition) is 1. The fourth-order valence-electron chi connectivity index (χ4n) is 2.80. The van der Waals surface area contributed by atoms with E-state index in [9.17, 15) is 0 Å². The molecular weight excluding hydrogens is 220 g/mol. The van der Waals surface area contributed by atoms with E-state index in [1.165, 1.54) is 37.7 Å². The molecule has 0 unspecified atom stereocenters. The highest BCUT2D eigenvalue weighted by Crippen LogP contribution is 2.22. The first-order valence-electron chi connectivity index (χ1n) is 7.29. The number of nitrogens with two attached hydrogens (primary N) is 1. The lowest BCUT2D eigenvalue weighted by molar-refractivity contribution is 0.319. The van der Waals surface area contributed by atoms with Gasteiger partial charge in [-0.2, -0.15) is 0 Å². The number of fused-ring (bicyclic) bond motifs is 1. The molecule has 1 aromatic rings. The van der Waals surface area contributed by atoms with Gasteiger partial charge in [0.05, 0.1) is 0 Å². The minimum atomic E-state index is 0.812. The van der Waals surface area contributed by atoms with Crippen LogP contribution in [0.2, 0.25) is 0 Å². The van der Waals surface area contributed by atoms with E-state index >= 15 is 0 Å². The average Bonchev–Trinajstić information content (AvgIpc) is 2.39. The number of nitrogens with zero attached hydrogens (tertiary/aromatic N) is 1. The lowest BCUT2D eigenvalue weighted by atomic mass is 9.90. The van der Waals surface area contributed by atoms with Gasteiger partial charge < -0.3 is 10.6 Å². The van der Waals surface area contributed by atoms with Crippen LogP contribution in [0.5, 0.6) is 0 Å². The molecule has 1 aliphatic rings. The second-order valence-corrected chi connectivity index (χ2v) is 5.54. The van der Waals surface area contributed by atoms with Crippen molar-refractivity contribution in [3.05, 3.63) is 34.9 Å². The first-order chi connectivity index (χ1) is 8.79. The van der Waals surface area contributed by atoms with Crippen LogP contribution in [0, 0.1) is 0 Å². The van der Waals surface area contributed by atoms with Crippen LogP contribution in [0.25, 0.3) is 0 Å². The van der Waals surface area contributed by atoms with Crippen molar-refractivity contribution in [2.45, 2.75) is 45.1 Å². The topological polar surface area (TPSA) is 29.3 Å². The summed E-state index contributed by atoms with van der Waals surface area (Å²) in [7, 11) is 2.20. The Morgan fingerprint density at radius 3 is 2.67 bits per heavy atom. The SMILES string of the molecule is CN(CCCCN)Cc1ccc2c(c1)CCCC2. The van der Waals surface area contributed by atoms with Crippen LogP contribution in [0.4, 0.5) is 0 Å². The van der Waals surface area contributed by atoms with Crippen LogP contribution < -0.4 is 5.73 Å². The number of unbranched alkanes of at least 4 members (excludes halogenated alkanes) is 1. The summed E-state index contributed by atoms with van der Waals surface area (Å²) in [5.74, 6) is 0. The minimum absolute atomic E-state index is 0.812. The Kier molecular flexibility index (Phi) is 5.21. The van der Waals surface area contributed by atoms with Crippen molar-refractivity contribution in [3.63, 3.8) is 0 Å². The minimum Gasteiger partial charge on any atom is -0.330 e. The Balaban J connectivity index is 1.89. The fourth-order valence-corrected chi connectivity index (χ4v) is 2.80. The van der Waals surface area contributed by atoms with Gasteiger partial charge in [0.1, 0.15) is 0 Å². The zero-order chi connectivity index (χ0) is 12.8. The third-order valence-corrected chi connectivity index (χ3v) is 3.86. The molecule has 0 amide bonds. The van der Waals surface area contributed by atoms with E-state index in [2.05, 4.69) is 30.1 Å². The van der Waals surface area contributed by atoms with Crippen LogP contribution in [0.3, 0.4) is 0 Å². The number of hydrogen-bond acceptors (Lipinski definition) is 2. The molecule has 2 heteroatoms. The number of benzene rings is 1. The quantitative estimate of drug-likeness (QED) is 0.782. The molecule has 0 spiro atoms. The molecule has 2 nitrogen and oxygen atoms in total. The van der Waals surface area contributed by atoms with Gasteiger partial charge in [-0.25, -0.2) is 0 Å². The molecule has 2 N–H and O–H groups in total. The van der Waals surface area contributed by atoms with Gasteiger partial charge in [-0.15, -0.1) is 0 Å². The Hall–Kier alpha value is -0.860. The molecule has 0 saturated carbocycles. The van der Waals surface area contributed by atoms with Crippen LogP contribution >= 0.6 is 0 Å². The molecule has 2 rings (SSSR count). The largest absolute Gasteiger partial charge is 0.330 e. The Morgan fingerprint density at radius 1 is 1.11 bits per heavy atom. The smallest absolute Gasteiger partial charge is 0.0230 e. The molecule has 18 heavy (non-hydrogen) atoms. The third kappa shape index (κ3) is 3.82. The van der Waals surface area contributed by atoms with Crippen LogP contribution in [-0.4, -0.2) is 25.0 Å². The molecule has 0 heterocycles. The zero-order valence-corrected chi connectivity index (χ0v) is 11.6. The molecule has 100 valence electrons. The predicted molar refractivity (Wildman–Crippen MR) is 77.7 cm³/mol. The zero-order valence-electron chi connectivity index (χ0n) is 11.6. The first-order valence-corrected chi connectivity index (χ1v) is 7.29. The van der Waals surface area contributed by atoms with Gasteiger partial charge in [-0.05, 0) is 75.4 Å². The molecule has 0 bridgehead atoms. The van der Waals surface area contributed by atoms with Crippen molar-refractivity contribution in [3.8, 4) is 0 Å². The van der Waals surface area contributed by atoms with E-state index in [1.54, 1.807) is 11.1 Å². The van der Waals surface area contributed by atoms with E-state index < -0.39 is 0 Å². The van der Waals surface area contributed by atoms with E-state index in [0.29, 0.717) is 0 Å². The van der Waals surface area contributed by atoms with E-state index in [0.717, 1.165) is 26.1 Å². The molecular formula is C16H26N2. The molecule has 0 radical (unpaired) electrons. The second kappa shape index (κ2) is 6.91. The number of aryl methyl sites for hydroxylation is 2. The lowest BCUT2D eigenvalue weighted by Gasteiger charge is -2.20. The maximum Gasteiger partial charge on any atom is 0.0230 e. The van der Waals surface area contributed by atoms with Crippen molar-refractivity contribution in [2.75, 3.05) is 20.1 Å². The third-order valence-electron chi connectivity index (χ3n) is 3.86. The summed E-state index contributed by atoms with van der Waals surface area (Å²) in [5.41, 5.74) is 10.2. The van der Waals surface area contributed by atoms with E-state index in [4.69, 9.17) is 5.73 Å². The van der Waals surface area contributed by atoms with Crippen molar-refractivity contribution in [1.82, 2.24) is 4.90 Å². The van der Waals surface area contributed by atoms with Gasteiger partial charge in [0.25, 0.3) is 0 Å². The molecule has 0 aliphatic heterocycles. The summed E-state index contributed by atoms with van der Waals surface area (Å²) in [6.45, 7) is 3.03. The van der Waals surface area contributed by atoms with Crippen molar-refractivity contribution >= 4 is 0 Å². The maximum absolute atomic E-state index is 5.53. The number of rotatable bonds is 6. The normalized spacial score (nSPS) is 14.8. The van der Waals surface area contributed by atoms with Crippen molar-refractivity contribution < 1.29 is 0 Å². The Bertz CT molecular complexity index is 373. The lowest BCUT2D eigenvalue weighted by Crippen LogP contribution is -2.20. The first kappa shape index (κ1) is 13.6. The fraction of sp³-hybridized carbons (Fsp3) is 0.625. The molecule has 1 aliphatic carbocycles. The molecule has 1 aromatic carbocycles. The monoisotopic (exact) mass is 246 g/mol. The van der Waals surface area contributed by atoms with E-state index in [-0.39, 0.29) is 0 Å². The maximum atomic E-state index is 5.53. The van der Waals surface area contributed by atoms with Gasteiger partial charge in [0.2, 0.25) is 0 Å². The highest BCUT2D eigenvalue weighted by Gasteiger charge is 2.10. The van der Waals surface area contributed by atoms with Crippen LogP contribution in [0.1, 0.15) is 42.4 Å². The van der Waals surface area contributed by atoms with Crippen LogP contribution in [-0.2, 0) is 19.4 Å². The molecule has 0 aromatic heterocycles. The summed E-state index contributed by atoms with van der Waals surface area (Å²) >= 11 is 0. The summed E-state index contributed by atoms with van der Waals surface area (Å²) in [5, 5.41) is 0. The van der Waals surface area contributed by atoms with Gasteiger partial charge in [0, 0.05) is 6.54 Å². The standard InChI is InChI=1S/C16H26N2/c1-18(11-5-4-10-17)13-14-8-9-15-6-2-3-7-16(15)12-14/h8-9,12H,2-7,10-11,13,17H2,1H3. The molecule has 0 fully saturated rings. The Labute approximate surface area is 111 Å². The summed E-state index contributed by atoms with van der Waals surface area (Å²) in [4.78, 5) is 2.40. The van der Waals surface area contributed by atoms with Crippen molar-refractivity contribution in [1.29, 1.82) is 0 Å². The van der Waals surface area contributed by atoms with E-state index in [1.807, 2.05) is 0 Å². The molecule has 0 saturated heterocycles. The van der Waals surface area contributed by atoms with Gasteiger partial charge in [0.15, 0.2) is 0 Å². The van der Waals surface area contributed by atoms with Gasteiger partial charge in [-0.1, -0.05) is 18.2 Å². The van der Waals surface area contributed by atoms with Crippen LogP contribution in [0.15, 0.2) is 18.2 Å². The summed E-state index contributed by atoms with van der Waals surface area (Å²) in [6.07, 6.45) is 7.63.